The normalized spacial score (nSPS) is 10.6. The van der Waals surface area contributed by atoms with Gasteiger partial charge < -0.3 is 0 Å². The lowest BCUT2D eigenvalue weighted by atomic mass is 10.1. The van der Waals surface area contributed by atoms with Gasteiger partial charge in [-0.2, -0.15) is 5.10 Å². The summed E-state index contributed by atoms with van der Waals surface area (Å²) in [6.07, 6.45) is 3.52. The molecule has 80 valence electrons. The summed E-state index contributed by atoms with van der Waals surface area (Å²) in [5.74, 6) is 0.743. The first-order valence-corrected chi connectivity index (χ1v) is 5.12. The van der Waals surface area contributed by atoms with Crippen molar-refractivity contribution >= 4 is 12.0 Å². The first-order valence-electron chi connectivity index (χ1n) is 5.12. The molecule has 0 saturated carbocycles. The highest BCUT2D eigenvalue weighted by Crippen LogP contribution is 2.04. The van der Waals surface area contributed by atoms with Gasteiger partial charge in [-0.3, -0.25) is 5.43 Å². The number of nitrogens with zero attached hydrogens (tertiary/aromatic N) is 2. The zero-order chi connectivity index (χ0) is 11.2. The van der Waals surface area contributed by atoms with Crippen LogP contribution >= 0.6 is 0 Å². The van der Waals surface area contributed by atoms with Gasteiger partial charge in [0.25, 0.3) is 0 Å². The highest BCUT2D eigenvalue weighted by atomic mass is 15.3. The number of anilines is 1. The molecule has 0 radical (unpaired) electrons. The first-order chi connectivity index (χ1) is 7.86. The fourth-order valence-corrected chi connectivity index (χ4v) is 1.33. The highest BCUT2D eigenvalue weighted by Gasteiger charge is 1.91. The van der Waals surface area contributed by atoms with Crippen LogP contribution in [0.1, 0.15) is 11.1 Å². The molecule has 1 heterocycles. The summed E-state index contributed by atoms with van der Waals surface area (Å²) in [5.41, 5.74) is 5.18. The lowest BCUT2D eigenvalue weighted by Crippen LogP contribution is -1.93. The summed E-state index contributed by atoms with van der Waals surface area (Å²) in [6, 6.07) is 13.7. The third-order valence-electron chi connectivity index (χ3n) is 2.24. The maximum Gasteiger partial charge on any atom is 0.146 e. The van der Waals surface area contributed by atoms with Crippen LogP contribution in [0.25, 0.3) is 0 Å². The lowest BCUT2D eigenvalue weighted by molar-refractivity contribution is 1.23. The molecule has 1 N–H and O–H groups in total. The van der Waals surface area contributed by atoms with Crippen molar-refractivity contribution in [3.05, 3.63) is 59.8 Å². The Labute approximate surface area is 94.9 Å². The molecule has 0 aliphatic carbocycles. The maximum atomic E-state index is 4.14. The second kappa shape index (κ2) is 5.07. The van der Waals surface area contributed by atoms with Crippen LogP contribution in [0.5, 0.6) is 0 Å². The number of rotatable bonds is 3. The Kier molecular flexibility index (Phi) is 3.28. The van der Waals surface area contributed by atoms with Gasteiger partial charge in [0.1, 0.15) is 5.82 Å². The molecule has 16 heavy (non-hydrogen) atoms. The second-order valence-electron chi connectivity index (χ2n) is 3.44. The van der Waals surface area contributed by atoms with Crippen molar-refractivity contribution in [2.75, 3.05) is 5.43 Å². The van der Waals surface area contributed by atoms with Gasteiger partial charge in [0, 0.05) is 6.20 Å². The zero-order valence-electron chi connectivity index (χ0n) is 9.09. The number of hydrogen-bond acceptors (Lipinski definition) is 3. The Morgan fingerprint density at radius 3 is 2.69 bits per heavy atom. The van der Waals surface area contributed by atoms with Crippen molar-refractivity contribution in [1.29, 1.82) is 0 Å². The molecule has 1 aromatic carbocycles. The van der Waals surface area contributed by atoms with Crippen LogP contribution in [0.2, 0.25) is 0 Å². The van der Waals surface area contributed by atoms with Crippen LogP contribution in [0.4, 0.5) is 5.82 Å². The summed E-state index contributed by atoms with van der Waals surface area (Å²) in [5, 5.41) is 4.14. The summed E-state index contributed by atoms with van der Waals surface area (Å²) in [4.78, 5) is 4.11. The average molecular weight is 211 g/mol. The molecule has 3 heteroatoms. The second-order valence-corrected chi connectivity index (χ2v) is 3.44. The minimum Gasteiger partial charge on any atom is -0.261 e. The van der Waals surface area contributed by atoms with Crippen molar-refractivity contribution in [3.8, 4) is 0 Å². The van der Waals surface area contributed by atoms with Crippen LogP contribution in [-0.2, 0) is 0 Å². The SMILES string of the molecule is Cc1ccccc1/C=N/Nc1ccccn1. The highest BCUT2D eigenvalue weighted by molar-refractivity contribution is 5.81. The van der Waals surface area contributed by atoms with E-state index in [2.05, 4.69) is 28.5 Å². The molecule has 0 amide bonds. The fourth-order valence-electron chi connectivity index (χ4n) is 1.33. The van der Waals surface area contributed by atoms with E-state index in [1.807, 2.05) is 36.4 Å². The van der Waals surface area contributed by atoms with Gasteiger partial charge >= 0.3 is 0 Å². The Morgan fingerprint density at radius 2 is 1.94 bits per heavy atom. The van der Waals surface area contributed by atoms with Gasteiger partial charge in [0.05, 0.1) is 6.21 Å². The quantitative estimate of drug-likeness (QED) is 0.626. The molecule has 0 atom stereocenters. The van der Waals surface area contributed by atoms with Gasteiger partial charge in [-0.15, -0.1) is 0 Å². The van der Waals surface area contributed by atoms with Gasteiger partial charge in [0.15, 0.2) is 0 Å². The molecular formula is C13H13N3. The largest absolute Gasteiger partial charge is 0.261 e. The van der Waals surface area contributed by atoms with E-state index in [-0.39, 0.29) is 0 Å². The Hall–Kier alpha value is -2.16. The third kappa shape index (κ3) is 2.67. The van der Waals surface area contributed by atoms with E-state index < -0.39 is 0 Å². The monoisotopic (exact) mass is 211 g/mol. The van der Waals surface area contributed by atoms with Crippen LogP contribution in [0.15, 0.2) is 53.8 Å². The Balaban J connectivity index is 2.03. The molecule has 2 rings (SSSR count). The number of hydrazone groups is 1. The summed E-state index contributed by atoms with van der Waals surface area (Å²) < 4.78 is 0. The molecule has 0 aliphatic rings. The van der Waals surface area contributed by atoms with E-state index in [9.17, 15) is 0 Å². The topological polar surface area (TPSA) is 37.3 Å². The number of nitrogens with one attached hydrogen (secondary N) is 1. The molecule has 0 spiro atoms. The molecule has 0 aliphatic heterocycles. The van der Waals surface area contributed by atoms with Crippen molar-refractivity contribution in [2.24, 2.45) is 5.10 Å². The van der Waals surface area contributed by atoms with Gasteiger partial charge in [-0.05, 0) is 30.2 Å². The summed E-state index contributed by atoms with van der Waals surface area (Å²) in [6.45, 7) is 2.06. The molecule has 0 fully saturated rings. The van der Waals surface area contributed by atoms with E-state index in [0.29, 0.717) is 0 Å². The van der Waals surface area contributed by atoms with Crippen LogP contribution < -0.4 is 5.43 Å². The molecule has 2 aromatic rings. The number of aromatic nitrogens is 1. The van der Waals surface area contributed by atoms with E-state index >= 15 is 0 Å². The van der Waals surface area contributed by atoms with Crippen LogP contribution in [0, 0.1) is 6.92 Å². The smallest absolute Gasteiger partial charge is 0.146 e. The van der Waals surface area contributed by atoms with Crippen LogP contribution in [0.3, 0.4) is 0 Å². The Bertz CT molecular complexity index is 478. The molecule has 1 aromatic heterocycles. The summed E-state index contributed by atoms with van der Waals surface area (Å²) in [7, 11) is 0. The van der Waals surface area contributed by atoms with Gasteiger partial charge in [-0.1, -0.05) is 30.3 Å². The van der Waals surface area contributed by atoms with Crippen molar-refractivity contribution in [1.82, 2.24) is 4.98 Å². The third-order valence-corrected chi connectivity index (χ3v) is 2.24. The molecule has 3 nitrogen and oxygen atoms in total. The van der Waals surface area contributed by atoms with E-state index in [1.54, 1.807) is 12.4 Å². The predicted octanol–water partition coefficient (Wildman–Crippen LogP) is 2.84. The van der Waals surface area contributed by atoms with E-state index in [0.717, 1.165) is 11.4 Å². The van der Waals surface area contributed by atoms with Crippen LogP contribution in [-0.4, -0.2) is 11.2 Å². The Morgan fingerprint density at radius 1 is 1.12 bits per heavy atom. The van der Waals surface area contributed by atoms with E-state index in [1.165, 1.54) is 5.56 Å². The maximum absolute atomic E-state index is 4.14. The molecule has 0 bridgehead atoms. The number of pyridine rings is 1. The zero-order valence-corrected chi connectivity index (χ0v) is 9.09. The standard InChI is InChI=1S/C13H13N3/c1-11-6-2-3-7-12(11)10-15-16-13-8-4-5-9-14-13/h2-10H,1H3,(H,14,16)/b15-10+. The van der Waals surface area contributed by atoms with Gasteiger partial charge in [0.2, 0.25) is 0 Å². The van der Waals surface area contributed by atoms with Gasteiger partial charge in [-0.25, -0.2) is 4.98 Å². The molecule has 0 saturated heterocycles. The summed E-state index contributed by atoms with van der Waals surface area (Å²) >= 11 is 0. The predicted molar refractivity (Wildman–Crippen MR) is 66.6 cm³/mol. The molecular weight excluding hydrogens is 198 g/mol. The minimum atomic E-state index is 0.743. The van der Waals surface area contributed by atoms with Crippen molar-refractivity contribution in [3.63, 3.8) is 0 Å². The number of benzene rings is 1. The number of hydrogen-bond donors (Lipinski definition) is 1. The fraction of sp³-hybridized carbons (Fsp3) is 0.0769. The minimum absolute atomic E-state index is 0.743. The average Bonchev–Trinajstić information content (AvgIpc) is 2.33. The molecule has 0 unspecified atom stereocenters. The van der Waals surface area contributed by atoms with Crippen molar-refractivity contribution < 1.29 is 0 Å². The lowest BCUT2D eigenvalue weighted by Gasteiger charge is -1.99. The van der Waals surface area contributed by atoms with E-state index in [4.69, 9.17) is 0 Å². The number of aryl methyl sites for hydroxylation is 1. The van der Waals surface area contributed by atoms with Crippen molar-refractivity contribution in [2.45, 2.75) is 6.92 Å². The first kappa shape index (κ1) is 10.4.